The Kier molecular flexibility index (Phi) is 7.73. The third-order valence-electron chi connectivity index (χ3n) is 3.29. The van der Waals surface area contributed by atoms with E-state index < -0.39 is 0 Å². The van der Waals surface area contributed by atoms with Crippen LogP contribution in [0.1, 0.15) is 12.5 Å². The molecule has 1 fully saturated rings. The lowest BCUT2D eigenvalue weighted by atomic mass is 10.2. The Morgan fingerprint density at radius 3 is 2.90 bits per heavy atom. The first kappa shape index (κ1) is 18.0. The Morgan fingerprint density at radius 1 is 1.52 bits per heavy atom. The van der Waals surface area contributed by atoms with Crippen LogP contribution in [0.2, 0.25) is 0 Å². The maximum atomic E-state index is 5.54. The predicted molar refractivity (Wildman–Crippen MR) is 96.5 cm³/mol. The number of guanidine groups is 1. The Labute approximate surface area is 143 Å². The quantitative estimate of drug-likeness (QED) is 0.450. The van der Waals surface area contributed by atoms with Crippen LogP contribution in [0.5, 0.6) is 0 Å². The number of nitrogens with one attached hydrogen (secondary N) is 2. The molecule has 1 aliphatic rings. The van der Waals surface area contributed by atoms with E-state index >= 15 is 0 Å². The van der Waals surface area contributed by atoms with Crippen molar-refractivity contribution in [3.05, 3.63) is 23.9 Å². The molecular weight excluding hydrogens is 381 g/mol. The van der Waals surface area contributed by atoms with Crippen LogP contribution >= 0.6 is 24.0 Å². The molecule has 21 heavy (non-hydrogen) atoms. The maximum Gasteiger partial charge on any atom is 0.190 e. The molecule has 0 radical (unpaired) electrons. The molecule has 1 aromatic heterocycles. The Morgan fingerprint density at radius 2 is 2.33 bits per heavy atom. The SMILES string of the molecule is CN=C(NC)NCc1ccc(N2CCOC(C)C2)nc1.I. The summed E-state index contributed by atoms with van der Waals surface area (Å²) >= 11 is 0. The Hall–Kier alpha value is -1.09. The van der Waals surface area contributed by atoms with E-state index in [1.54, 1.807) is 7.05 Å². The van der Waals surface area contributed by atoms with Gasteiger partial charge in [-0.15, -0.1) is 24.0 Å². The van der Waals surface area contributed by atoms with Gasteiger partial charge in [-0.3, -0.25) is 4.99 Å². The molecule has 2 rings (SSSR count). The summed E-state index contributed by atoms with van der Waals surface area (Å²) < 4.78 is 5.54. The zero-order chi connectivity index (χ0) is 14.4. The molecule has 0 saturated carbocycles. The molecule has 6 nitrogen and oxygen atoms in total. The van der Waals surface area contributed by atoms with Crippen LogP contribution in [0, 0.1) is 0 Å². The van der Waals surface area contributed by atoms with Gasteiger partial charge in [-0.05, 0) is 18.6 Å². The fourth-order valence-electron chi connectivity index (χ4n) is 2.20. The third kappa shape index (κ3) is 5.31. The third-order valence-corrected chi connectivity index (χ3v) is 3.29. The molecule has 1 aliphatic heterocycles. The summed E-state index contributed by atoms with van der Waals surface area (Å²) in [4.78, 5) is 10.9. The fourth-order valence-corrected chi connectivity index (χ4v) is 2.20. The van der Waals surface area contributed by atoms with E-state index in [0.717, 1.165) is 37.0 Å². The van der Waals surface area contributed by atoms with E-state index in [4.69, 9.17) is 4.74 Å². The first-order valence-corrected chi connectivity index (χ1v) is 6.93. The number of halogens is 1. The van der Waals surface area contributed by atoms with Crippen molar-refractivity contribution in [1.82, 2.24) is 15.6 Å². The number of ether oxygens (including phenoxy) is 1. The highest BCUT2D eigenvalue weighted by atomic mass is 127. The number of anilines is 1. The standard InChI is InChI=1S/C14H23N5O.HI/c1-11-10-19(6-7-20-11)13-5-4-12(8-17-13)9-18-14(15-2)16-3;/h4-5,8,11H,6-7,9-10H2,1-3H3,(H2,15,16,18);1H. The minimum absolute atomic E-state index is 0. The highest BCUT2D eigenvalue weighted by Crippen LogP contribution is 2.15. The first-order chi connectivity index (χ1) is 9.72. The van der Waals surface area contributed by atoms with Gasteiger partial charge < -0.3 is 20.3 Å². The van der Waals surface area contributed by atoms with E-state index in [1.165, 1.54) is 0 Å². The highest BCUT2D eigenvalue weighted by molar-refractivity contribution is 14.0. The van der Waals surface area contributed by atoms with E-state index in [-0.39, 0.29) is 30.1 Å². The summed E-state index contributed by atoms with van der Waals surface area (Å²) in [6, 6.07) is 4.16. The lowest BCUT2D eigenvalue weighted by molar-refractivity contribution is 0.0529. The van der Waals surface area contributed by atoms with Crippen molar-refractivity contribution >= 4 is 35.8 Å². The average molecular weight is 405 g/mol. The minimum atomic E-state index is 0. The summed E-state index contributed by atoms with van der Waals surface area (Å²) in [7, 11) is 3.59. The topological polar surface area (TPSA) is 61.8 Å². The zero-order valence-electron chi connectivity index (χ0n) is 12.8. The average Bonchev–Trinajstić information content (AvgIpc) is 2.49. The van der Waals surface area contributed by atoms with Crippen LogP contribution in [0.15, 0.2) is 23.3 Å². The van der Waals surface area contributed by atoms with Gasteiger partial charge in [0.25, 0.3) is 0 Å². The van der Waals surface area contributed by atoms with E-state index in [9.17, 15) is 0 Å². The second-order valence-corrected chi connectivity index (χ2v) is 4.83. The molecule has 1 aromatic rings. The van der Waals surface area contributed by atoms with Crippen LogP contribution < -0.4 is 15.5 Å². The Balaban J connectivity index is 0.00000220. The number of morpholine rings is 1. The normalized spacial score (nSPS) is 18.9. The first-order valence-electron chi connectivity index (χ1n) is 6.93. The molecule has 118 valence electrons. The number of rotatable bonds is 3. The molecule has 0 spiro atoms. The molecule has 0 aromatic carbocycles. The van der Waals surface area contributed by atoms with Crippen LogP contribution in [0.25, 0.3) is 0 Å². The van der Waals surface area contributed by atoms with Crippen molar-refractivity contribution in [3.8, 4) is 0 Å². The van der Waals surface area contributed by atoms with Crippen LogP contribution in [-0.4, -0.2) is 50.8 Å². The van der Waals surface area contributed by atoms with Gasteiger partial charge in [0.1, 0.15) is 5.82 Å². The molecule has 2 heterocycles. The summed E-state index contributed by atoms with van der Waals surface area (Å²) in [6.07, 6.45) is 2.18. The summed E-state index contributed by atoms with van der Waals surface area (Å²) in [6.45, 7) is 5.37. The number of aliphatic imine (C=N–C) groups is 1. The van der Waals surface area contributed by atoms with Gasteiger partial charge in [0.2, 0.25) is 0 Å². The van der Waals surface area contributed by atoms with Gasteiger partial charge in [0.05, 0.1) is 12.7 Å². The monoisotopic (exact) mass is 405 g/mol. The van der Waals surface area contributed by atoms with Crippen LogP contribution in [0.4, 0.5) is 5.82 Å². The fraction of sp³-hybridized carbons (Fsp3) is 0.571. The molecule has 0 bridgehead atoms. The van der Waals surface area contributed by atoms with Gasteiger partial charge in [-0.2, -0.15) is 0 Å². The number of aromatic nitrogens is 1. The highest BCUT2D eigenvalue weighted by Gasteiger charge is 2.17. The predicted octanol–water partition coefficient (Wildman–Crippen LogP) is 1.22. The lowest BCUT2D eigenvalue weighted by Gasteiger charge is -2.32. The molecule has 1 saturated heterocycles. The molecule has 0 aliphatic carbocycles. The van der Waals surface area contributed by atoms with Crippen LogP contribution in [-0.2, 0) is 11.3 Å². The number of hydrogen-bond donors (Lipinski definition) is 2. The van der Waals surface area contributed by atoms with Gasteiger partial charge in [0.15, 0.2) is 5.96 Å². The molecule has 7 heteroatoms. The largest absolute Gasteiger partial charge is 0.375 e. The second kappa shape index (κ2) is 9.04. The summed E-state index contributed by atoms with van der Waals surface area (Å²) in [5.74, 6) is 1.79. The molecule has 0 amide bonds. The molecule has 2 N–H and O–H groups in total. The van der Waals surface area contributed by atoms with Gasteiger partial charge in [-0.25, -0.2) is 4.98 Å². The van der Waals surface area contributed by atoms with Crippen molar-refractivity contribution in [3.63, 3.8) is 0 Å². The Bertz CT molecular complexity index is 451. The zero-order valence-corrected chi connectivity index (χ0v) is 15.1. The van der Waals surface area contributed by atoms with E-state index in [0.29, 0.717) is 6.54 Å². The summed E-state index contributed by atoms with van der Waals surface area (Å²) in [5, 5.41) is 6.19. The lowest BCUT2D eigenvalue weighted by Crippen LogP contribution is -2.41. The van der Waals surface area contributed by atoms with E-state index in [2.05, 4.69) is 44.6 Å². The number of nitrogens with zero attached hydrogens (tertiary/aromatic N) is 3. The van der Waals surface area contributed by atoms with Crippen molar-refractivity contribution in [1.29, 1.82) is 0 Å². The van der Waals surface area contributed by atoms with Gasteiger partial charge in [-0.1, -0.05) is 6.07 Å². The van der Waals surface area contributed by atoms with Crippen molar-refractivity contribution in [2.75, 3.05) is 38.7 Å². The van der Waals surface area contributed by atoms with Gasteiger partial charge in [0, 0.05) is 39.9 Å². The van der Waals surface area contributed by atoms with Crippen molar-refractivity contribution in [2.24, 2.45) is 4.99 Å². The molecule has 1 unspecified atom stereocenters. The van der Waals surface area contributed by atoms with Crippen LogP contribution in [0.3, 0.4) is 0 Å². The number of hydrogen-bond acceptors (Lipinski definition) is 4. The minimum Gasteiger partial charge on any atom is -0.375 e. The van der Waals surface area contributed by atoms with Crippen molar-refractivity contribution in [2.45, 2.75) is 19.6 Å². The second-order valence-electron chi connectivity index (χ2n) is 4.83. The van der Waals surface area contributed by atoms with Gasteiger partial charge >= 0.3 is 0 Å². The summed E-state index contributed by atoms with van der Waals surface area (Å²) in [5.41, 5.74) is 1.13. The van der Waals surface area contributed by atoms with Crippen molar-refractivity contribution < 1.29 is 4.74 Å². The van der Waals surface area contributed by atoms with E-state index in [1.807, 2.05) is 13.2 Å². The molecule has 1 atom stereocenters. The maximum absolute atomic E-state index is 5.54. The molecular formula is C14H24IN5O. The smallest absolute Gasteiger partial charge is 0.190 e. The number of pyridine rings is 1.